The number of benzene rings is 1. The lowest BCUT2D eigenvalue weighted by Crippen LogP contribution is -2.40. The van der Waals surface area contributed by atoms with Crippen molar-refractivity contribution in [3.05, 3.63) is 35.0 Å². The molecule has 8 heteroatoms. The van der Waals surface area contributed by atoms with Crippen LogP contribution in [0.5, 0.6) is 0 Å². The number of aryl methyl sites for hydroxylation is 1. The molecule has 0 aliphatic carbocycles. The molecule has 3 rings (SSSR count). The SMILES string of the molecule is CCCCS(=O)(=O)N1CCCN(C(C)Cn2c(C#N)cc3c(C)c(C=O)ccc32)CC1. The Morgan fingerprint density at radius 3 is 2.68 bits per heavy atom. The van der Waals surface area contributed by atoms with Gasteiger partial charge in [-0.3, -0.25) is 9.69 Å². The molecule has 1 aliphatic rings. The Kier molecular flexibility index (Phi) is 7.52. The summed E-state index contributed by atoms with van der Waals surface area (Å²) in [5.74, 6) is 0.224. The zero-order valence-electron chi connectivity index (χ0n) is 18.7. The van der Waals surface area contributed by atoms with Crippen LogP contribution in [0.15, 0.2) is 18.2 Å². The van der Waals surface area contributed by atoms with E-state index in [2.05, 4.69) is 17.9 Å². The summed E-state index contributed by atoms with van der Waals surface area (Å²) in [6, 6.07) is 8.00. The second kappa shape index (κ2) is 9.94. The number of fused-ring (bicyclic) bond motifs is 1. The first-order valence-corrected chi connectivity index (χ1v) is 12.6. The number of rotatable bonds is 8. The van der Waals surface area contributed by atoms with Gasteiger partial charge in [0.25, 0.3) is 0 Å². The smallest absolute Gasteiger partial charge is 0.214 e. The molecule has 0 spiro atoms. The van der Waals surface area contributed by atoms with Gasteiger partial charge in [0.05, 0.1) is 5.75 Å². The summed E-state index contributed by atoms with van der Waals surface area (Å²) in [6.45, 7) is 9.26. The van der Waals surface area contributed by atoms with Crippen LogP contribution in [0.3, 0.4) is 0 Å². The maximum Gasteiger partial charge on any atom is 0.214 e. The van der Waals surface area contributed by atoms with Crippen LogP contribution in [0, 0.1) is 18.3 Å². The summed E-state index contributed by atoms with van der Waals surface area (Å²) in [6.07, 6.45) is 3.21. The minimum atomic E-state index is -3.19. The number of aromatic nitrogens is 1. The van der Waals surface area contributed by atoms with Gasteiger partial charge in [0.15, 0.2) is 0 Å². The van der Waals surface area contributed by atoms with Crippen molar-refractivity contribution in [3.63, 3.8) is 0 Å². The predicted octanol–water partition coefficient (Wildman–Crippen LogP) is 3.16. The van der Waals surface area contributed by atoms with Crippen LogP contribution in [0.2, 0.25) is 0 Å². The van der Waals surface area contributed by atoms with E-state index in [1.807, 2.05) is 30.5 Å². The zero-order chi connectivity index (χ0) is 22.6. The Morgan fingerprint density at radius 1 is 1.23 bits per heavy atom. The normalized spacial score (nSPS) is 17.4. The molecule has 1 aromatic heterocycles. The maximum atomic E-state index is 12.6. The Balaban J connectivity index is 1.77. The Labute approximate surface area is 185 Å². The molecule has 0 bridgehead atoms. The molecule has 2 heterocycles. The standard InChI is InChI=1S/C23H32N4O3S/c1-4-5-13-31(29,30)26-10-6-9-25(11-12-26)18(2)16-27-21(15-24)14-22-19(3)20(17-28)7-8-23(22)27/h7-8,14,17-18H,4-6,9-13,16H2,1-3H3. The van der Waals surface area contributed by atoms with Crippen molar-refractivity contribution < 1.29 is 13.2 Å². The number of aldehydes is 1. The van der Waals surface area contributed by atoms with Crippen molar-refractivity contribution in [1.29, 1.82) is 5.26 Å². The van der Waals surface area contributed by atoms with Crippen molar-refractivity contribution in [3.8, 4) is 6.07 Å². The molecule has 168 valence electrons. The lowest BCUT2D eigenvalue weighted by molar-refractivity contribution is 0.112. The Hall–Kier alpha value is -2.21. The fourth-order valence-corrected chi connectivity index (χ4v) is 6.06. The number of carbonyl (C=O) groups is 1. The van der Waals surface area contributed by atoms with Crippen LogP contribution in [0.1, 0.15) is 54.7 Å². The molecule has 1 aliphatic heterocycles. The molecule has 1 atom stereocenters. The summed E-state index contributed by atoms with van der Waals surface area (Å²) < 4.78 is 28.8. The van der Waals surface area contributed by atoms with Gasteiger partial charge in [-0.25, -0.2) is 12.7 Å². The Morgan fingerprint density at radius 2 is 2.00 bits per heavy atom. The first kappa shape index (κ1) is 23.5. The van der Waals surface area contributed by atoms with Gasteiger partial charge < -0.3 is 4.57 Å². The molecule has 0 N–H and O–H groups in total. The molecule has 1 saturated heterocycles. The Bertz CT molecular complexity index is 1080. The number of nitrogens with zero attached hydrogens (tertiary/aromatic N) is 4. The third kappa shape index (κ3) is 5.00. The molecule has 0 saturated carbocycles. The van der Waals surface area contributed by atoms with Gasteiger partial charge in [-0.15, -0.1) is 0 Å². The van der Waals surface area contributed by atoms with E-state index in [0.29, 0.717) is 43.9 Å². The fraction of sp³-hybridized carbons (Fsp3) is 0.565. The number of unbranched alkanes of at least 4 members (excludes halogenated alkanes) is 1. The van der Waals surface area contributed by atoms with Gasteiger partial charge in [0.2, 0.25) is 10.0 Å². The van der Waals surface area contributed by atoms with Crippen molar-refractivity contribution in [2.24, 2.45) is 0 Å². The molecule has 7 nitrogen and oxygen atoms in total. The lowest BCUT2D eigenvalue weighted by Gasteiger charge is -2.28. The summed E-state index contributed by atoms with van der Waals surface area (Å²) in [5, 5.41) is 10.6. The zero-order valence-corrected chi connectivity index (χ0v) is 19.5. The molecule has 1 fully saturated rings. The number of carbonyl (C=O) groups excluding carboxylic acids is 1. The van der Waals surface area contributed by atoms with E-state index in [-0.39, 0.29) is 11.8 Å². The first-order valence-electron chi connectivity index (χ1n) is 11.0. The van der Waals surface area contributed by atoms with E-state index in [1.165, 1.54) is 0 Å². The van der Waals surface area contributed by atoms with Crippen LogP contribution in [-0.2, 0) is 16.6 Å². The van der Waals surface area contributed by atoms with Crippen LogP contribution in [0.25, 0.3) is 10.9 Å². The molecule has 0 amide bonds. The van der Waals surface area contributed by atoms with Crippen LogP contribution in [0.4, 0.5) is 0 Å². The van der Waals surface area contributed by atoms with E-state index < -0.39 is 10.0 Å². The lowest BCUT2D eigenvalue weighted by atomic mass is 10.1. The topological polar surface area (TPSA) is 86.4 Å². The third-order valence-electron chi connectivity index (χ3n) is 6.35. The average molecular weight is 445 g/mol. The third-order valence-corrected chi connectivity index (χ3v) is 8.30. The van der Waals surface area contributed by atoms with Crippen molar-refractivity contribution in [2.45, 2.75) is 52.6 Å². The fourth-order valence-electron chi connectivity index (χ4n) is 4.38. The monoisotopic (exact) mass is 444 g/mol. The maximum absolute atomic E-state index is 12.6. The molecule has 0 radical (unpaired) electrons. The van der Waals surface area contributed by atoms with E-state index >= 15 is 0 Å². The summed E-state index contributed by atoms with van der Waals surface area (Å²) >= 11 is 0. The van der Waals surface area contributed by atoms with Crippen LogP contribution in [-0.4, -0.2) is 66.4 Å². The van der Waals surface area contributed by atoms with Crippen molar-refractivity contribution in [1.82, 2.24) is 13.8 Å². The number of hydrogen-bond donors (Lipinski definition) is 0. The van der Waals surface area contributed by atoms with E-state index in [1.54, 1.807) is 10.4 Å². The second-order valence-electron chi connectivity index (χ2n) is 8.39. The van der Waals surface area contributed by atoms with Crippen molar-refractivity contribution in [2.75, 3.05) is 31.9 Å². The quantitative estimate of drug-likeness (QED) is 0.584. The van der Waals surface area contributed by atoms with Gasteiger partial charge >= 0.3 is 0 Å². The molecular formula is C23H32N4O3S. The largest absolute Gasteiger partial charge is 0.331 e. The van der Waals surface area contributed by atoms with Gasteiger partial charge in [-0.05, 0) is 57.0 Å². The van der Waals surface area contributed by atoms with Crippen molar-refractivity contribution >= 4 is 27.2 Å². The number of sulfonamides is 1. The highest BCUT2D eigenvalue weighted by Crippen LogP contribution is 2.26. The predicted molar refractivity (Wildman–Crippen MR) is 123 cm³/mol. The van der Waals surface area contributed by atoms with E-state index in [0.717, 1.165) is 42.1 Å². The second-order valence-corrected chi connectivity index (χ2v) is 10.5. The molecule has 31 heavy (non-hydrogen) atoms. The van der Waals surface area contributed by atoms with Crippen LogP contribution >= 0.6 is 0 Å². The minimum Gasteiger partial charge on any atom is -0.331 e. The highest BCUT2D eigenvalue weighted by molar-refractivity contribution is 7.89. The average Bonchev–Trinajstić information content (AvgIpc) is 2.93. The highest BCUT2D eigenvalue weighted by Gasteiger charge is 2.27. The molecule has 1 unspecified atom stereocenters. The molecular weight excluding hydrogens is 412 g/mol. The van der Waals surface area contributed by atoms with Gasteiger partial charge in [-0.2, -0.15) is 5.26 Å². The highest BCUT2D eigenvalue weighted by atomic mass is 32.2. The van der Waals surface area contributed by atoms with Crippen LogP contribution < -0.4 is 0 Å². The van der Waals surface area contributed by atoms with E-state index in [9.17, 15) is 18.5 Å². The minimum absolute atomic E-state index is 0.145. The van der Waals surface area contributed by atoms with Gasteiger partial charge in [0.1, 0.15) is 18.0 Å². The molecule has 2 aromatic rings. The van der Waals surface area contributed by atoms with E-state index in [4.69, 9.17) is 0 Å². The van der Waals surface area contributed by atoms with Gasteiger partial charge in [-0.1, -0.05) is 13.3 Å². The number of hydrogen-bond acceptors (Lipinski definition) is 5. The first-order chi connectivity index (χ1) is 14.8. The summed E-state index contributed by atoms with van der Waals surface area (Å²) in [5.41, 5.74) is 3.05. The number of nitriles is 1. The summed E-state index contributed by atoms with van der Waals surface area (Å²) in [4.78, 5) is 13.6. The summed E-state index contributed by atoms with van der Waals surface area (Å²) in [7, 11) is -3.19. The molecule has 1 aromatic carbocycles. The van der Waals surface area contributed by atoms with Gasteiger partial charge in [0, 0.05) is 48.7 Å².